The van der Waals surface area contributed by atoms with E-state index in [1.807, 2.05) is 6.92 Å². The number of rotatable bonds is 10. The molecule has 2 rings (SSSR count). The van der Waals surface area contributed by atoms with Crippen molar-refractivity contribution in [2.75, 3.05) is 59.5 Å². The van der Waals surface area contributed by atoms with E-state index in [-0.39, 0.29) is 24.0 Å². The van der Waals surface area contributed by atoms with E-state index in [4.69, 9.17) is 9.73 Å². The zero-order chi connectivity index (χ0) is 19.3. The Morgan fingerprint density at radius 3 is 2.36 bits per heavy atom. The number of hydrogen-bond acceptors (Lipinski definition) is 4. The molecule has 0 aromatic heterocycles. The van der Waals surface area contributed by atoms with E-state index in [1.54, 1.807) is 0 Å². The molecule has 1 aromatic carbocycles. The van der Waals surface area contributed by atoms with Crippen molar-refractivity contribution in [2.24, 2.45) is 4.99 Å². The zero-order valence-corrected chi connectivity index (χ0v) is 20.1. The molecule has 1 heterocycles. The quantitative estimate of drug-likeness (QED) is 0.223. The van der Waals surface area contributed by atoms with Crippen LogP contribution >= 0.6 is 24.0 Å². The van der Waals surface area contributed by atoms with E-state index in [1.165, 1.54) is 11.1 Å². The molecule has 0 bridgehead atoms. The lowest BCUT2D eigenvalue weighted by molar-refractivity contribution is 0.145. The molecule has 0 atom stereocenters. The smallest absolute Gasteiger partial charge is 0.191 e. The summed E-state index contributed by atoms with van der Waals surface area (Å²) in [5.74, 6) is 0.871. The first kappa shape index (κ1) is 25.1. The van der Waals surface area contributed by atoms with Crippen LogP contribution < -0.4 is 10.6 Å². The number of hydrogen-bond donors (Lipinski definition) is 2. The van der Waals surface area contributed by atoms with Crippen molar-refractivity contribution < 1.29 is 4.74 Å². The van der Waals surface area contributed by atoms with Crippen molar-refractivity contribution in [2.45, 2.75) is 33.4 Å². The SMILES string of the molecule is CCNC(=NCc1ccc(CN2CCN(C)CC2)cc1)NCCCOCC.I. The van der Waals surface area contributed by atoms with Gasteiger partial charge >= 0.3 is 0 Å². The third-order valence-electron chi connectivity index (χ3n) is 4.75. The lowest BCUT2D eigenvalue weighted by Crippen LogP contribution is -2.43. The highest BCUT2D eigenvalue weighted by Crippen LogP contribution is 2.10. The molecule has 28 heavy (non-hydrogen) atoms. The number of piperazine rings is 1. The lowest BCUT2D eigenvalue weighted by Gasteiger charge is -2.32. The van der Waals surface area contributed by atoms with Crippen LogP contribution in [0.5, 0.6) is 0 Å². The standard InChI is InChI=1S/C21H37N5O.HI/c1-4-22-21(23-11-6-16-27-5-2)24-17-19-7-9-20(10-8-19)18-26-14-12-25(3)13-15-26;/h7-10H,4-6,11-18H2,1-3H3,(H2,22,23,24);1H. The zero-order valence-electron chi connectivity index (χ0n) is 17.7. The highest BCUT2D eigenvalue weighted by Gasteiger charge is 2.13. The van der Waals surface area contributed by atoms with Gasteiger partial charge in [0.2, 0.25) is 0 Å². The Hall–Kier alpha value is -0.900. The molecular weight excluding hydrogens is 465 g/mol. The fraction of sp³-hybridized carbons (Fsp3) is 0.667. The van der Waals surface area contributed by atoms with Gasteiger partial charge in [0, 0.05) is 59.0 Å². The summed E-state index contributed by atoms with van der Waals surface area (Å²) in [4.78, 5) is 9.62. The van der Waals surface area contributed by atoms with Crippen LogP contribution in [-0.2, 0) is 17.8 Å². The van der Waals surface area contributed by atoms with Gasteiger partial charge in [-0.1, -0.05) is 24.3 Å². The summed E-state index contributed by atoms with van der Waals surface area (Å²) < 4.78 is 5.37. The summed E-state index contributed by atoms with van der Waals surface area (Å²) in [6.45, 7) is 13.8. The number of nitrogens with zero attached hydrogens (tertiary/aromatic N) is 3. The van der Waals surface area contributed by atoms with Crippen LogP contribution in [0.3, 0.4) is 0 Å². The van der Waals surface area contributed by atoms with Gasteiger partial charge in [-0.15, -0.1) is 24.0 Å². The summed E-state index contributed by atoms with van der Waals surface area (Å²) in [7, 11) is 2.20. The molecule has 0 radical (unpaired) electrons. The molecule has 1 aliphatic heterocycles. The first-order valence-electron chi connectivity index (χ1n) is 10.3. The maximum Gasteiger partial charge on any atom is 0.191 e. The average molecular weight is 503 g/mol. The van der Waals surface area contributed by atoms with Gasteiger partial charge in [0.05, 0.1) is 6.54 Å². The van der Waals surface area contributed by atoms with Crippen LogP contribution in [0.4, 0.5) is 0 Å². The Bertz CT molecular complexity index is 544. The maximum absolute atomic E-state index is 5.37. The van der Waals surface area contributed by atoms with Gasteiger partial charge in [0.1, 0.15) is 0 Å². The van der Waals surface area contributed by atoms with Gasteiger partial charge in [0.25, 0.3) is 0 Å². The first-order valence-corrected chi connectivity index (χ1v) is 10.3. The number of nitrogens with one attached hydrogen (secondary N) is 2. The van der Waals surface area contributed by atoms with Crippen molar-refractivity contribution >= 4 is 29.9 Å². The largest absolute Gasteiger partial charge is 0.382 e. The number of halogens is 1. The summed E-state index contributed by atoms with van der Waals surface area (Å²) in [5, 5.41) is 6.67. The van der Waals surface area contributed by atoms with Crippen LogP contribution in [-0.4, -0.2) is 75.3 Å². The van der Waals surface area contributed by atoms with Crippen LogP contribution in [0.15, 0.2) is 29.3 Å². The number of benzene rings is 1. The van der Waals surface area contributed by atoms with Crippen LogP contribution in [0, 0.1) is 0 Å². The Morgan fingerprint density at radius 2 is 1.71 bits per heavy atom. The predicted octanol–water partition coefficient (Wildman–Crippen LogP) is 2.53. The second kappa shape index (κ2) is 15.0. The van der Waals surface area contributed by atoms with Crippen molar-refractivity contribution in [3.63, 3.8) is 0 Å². The minimum atomic E-state index is 0. The highest BCUT2D eigenvalue weighted by molar-refractivity contribution is 14.0. The molecule has 1 aliphatic rings. The monoisotopic (exact) mass is 503 g/mol. The van der Waals surface area contributed by atoms with Gasteiger partial charge in [-0.3, -0.25) is 4.90 Å². The van der Waals surface area contributed by atoms with Crippen molar-refractivity contribution in [1.82, 2.24) is 20.4 Å². The Kier molecular flexibility index (Phi) is 13.5. The Morgan fingerprint density at radius 1 is 1.04 bits per heavy atom. The summed E-state index contributed by atoms with van der Waals surface area (Å²) >= 11 is 0. The van der Waals surface area contributed by atoms with Gasteiger partial charge in [-0.25, -0.2) is 4.99 Å². The highest BCUT2D eigenvalue weighted by atomic mass is 127. The molecule has 7 heteroatoms. The molecule has 0 unspecified atom stereocenters. The fourth-order valence-electron chi connectivity index (χ4n) is 3.05. The first-order chi connectivity index (χ1) is 13.2. The molecule has 1 aromatic rings. The number of guanidine groups is 1. The van der Waals surface area contributed by atoms with E-state index >= 15 is 0 Å². The minimum Gasteiger partial charge on any atom is -0.382 e. The van der Waals surface area contributed by atoms with Crippen molar-refractivity contribution in [3.05, 3.63) is 35.4 Å². The number of ether oxygens (including phenoxy) is 1. The average Bonchev–Trinajstić information content (AvgIpc) is 2.69. The molecular formula is C21H38IN5O. The van der Waals surface area contributed by atoms with E-state index in [9.17, 15) is 0 Å². The molecule has 0 spiro atoms. The predicted molar refractivity (Wildman–Crippen MR) is 129 cm³/mol. The Labute approximate surface area is 188 Å². The second-order valence-corrected chi connectivity index (χ2v) is 7.07. The molecule has 0 amide bonds. The topological polar surface area (TPSA) is 52.1 Å². The maximum atomic E-state index is 5.37. The summed E-state index contributed by atoms with van der Waals surface area (Å²) in [6.07, 6.45) is 0.985. The van der Waals surface area contributed by atoms with Gasteiger partial charge in [-0.05, 0) is 38.4 Å². The van der Waals surface area contributed by atoms with Crippen LogP contribution in [0.1, 0.15) is 31.4 Å². The van der Waals surface area contributed by atoms with Crippen molar-refractivity contribution in [1.29, 1.82) is 0 Å². The van der Waals surface area contributed by atoms with E-state index in [2.05, 4.69) is 58.7 Å². The minimum absolute atomic E-state index is 0. The van der Waals surface area contributed by atoms with Crippen LogP contribution in [0.25, 0.3) is 0 Å². The van der Waals surface area contributed by atoms with Crippen molar-refractivity contribution in [3.8, 4) is 0 Å². The molecule has 0 aliphatic carbocycles. The summed E-state index contributed by atoms with van der Waals surface area (Å²) in [6, 6.07) is 8.89. The molecule has 1 fully saturated rings. The molecule has 160 valence electrons. The molecule has 0 saturated carbocycles. The second-order valence-electron chi connectivity index (χ2n) is 7.07. The van der Waals surface area contributed by atoms with Crippen LogP contribution in [0.2, 0.25) is 0 Å². The number of likely N-dealkylation sites (N-methyl/N-ethyl adjacent to an activating group) is 1. The third-order valence-corrected chi connectivity index (χ3v) is 4.75. The van der Waals surface area contributed by atoms with Gasteiger partial charge < -0.3 is 20.3 Å². The number of aliphatic imine (C=N–C) groups is 1. The van der Waals surface area contributed by atoms with E-state index in [0.717, 1.165) is 71.4 Å². The van der Waals surface area contributed by atoms with Gasteiger partial charge in [-0.2, -0.15) is 0 Å². The van der Waals surface area contributed by atoms with E-state index < -0.39 is 0 Å². The molecule has 6 nitrogen and oxygen atoms in total. The normalized spacial score (nSPS) is 15.9. The Balaban J connectivity index is 0.00000392. The summed E-state index contributed by atoms with van der Waals surface area (Å²) in [5.41, 5.74) is 2.62. The lowest BCUT2D eigenvalue weighted by atomic mass is 10.1. The molecule has 2 N–H and O–H groups in total. The van der Waals surface area contributed by atoms with E-state index in [0.29, 0.717) is 6.54 Å². The fourth-order valence-corrected chi connectivity index (χ4v) is 3.05. The molecule has 1 saturated heterocycles. The van der Waals surface area contributed by atoms with Gasteiger partial charge in [0.15, 0.2) is 5.96 Å². The third kappa shape index (κ3) is 10.0.